The molecule has 0 saturated heterocycles. The zero-order valence-corrected chi connectivity index (χ0v) is 16.0. The molecule has 1 aliphatic rings. The molecule has 0 unspecified atom stereocenters. The average molecular weight is 404 g/mol. The van der Waals surface area contributed by atoms with Crippen LogP contribution in [0.1, 0.15) is 15.9 Å². The van der Waals surface area contributed by atoms with Crippen molar-refractivity contribution >= 4 is 33.0 Å². The fourth-order valence-corrected chi connectivity index (χ4v) is 4.00. The van der Waals surface area contributed by atoms with E-state index in [0.29, 0.717) is 37.3 Å². The molecule has 0 spiro atoms. The van der Waals surface area contributed by atoms with Crippen molar-refractivity contribution in [1.29, 1.82) is 0 Å². The molecule has 0 atom stereocenters. The summed E-state index contributed by atoms with van der Waals surface area (Å²) < 4.78 is 24.9. The SMILES string of the molecule is CS(=O)(=O)N1CCc2cc(C(=O)NCCNc3ccc([N+](=O)[O-])cc3)ccc21. The van der Waals surface area contributed by atoms with Gasteiger partial charge >= 0.3 is 0 Å². The molecule has 28 heavy (non-hydrogen) atoms. The number of hydrogen-bond acceptors (Lipinski definition) is 6. The molecule has 0 saturated carbocycles. The van der Waals surface area contributed by atoms with Crippen LogP contribution in [0.25, 0.3) is 0 Å². The highest BCUT2D eigenvalue weighted by molar-refractivity contribution is 7.92. The first kappa shape index (κ1) is 19.6. The number of carbonyl (C=O) groups excluding carboxylic acids is 1. The van der Waals surface area contributed by atoms with Crippen molar-refractivity contribution in [1.82, 2.24) is 5.32 Å². The molecule has 0 radical (unpaired) electrons. The minimum absolute atomic E-state index is 0.0184. The molecule has 9 nitrogen and oxygen atoms in total. The van der Waals surface area contributed by atoms with E-state index in [4.69, 9.17) is 0 Å². The van der Waals surface area contributed by atoms with Gasteiger partial charge in [0.2, 0.25) is 10.0 Å². The van der Waals surface area contributed by atoms with Crippen LogP contribution in [-0.2, 0) is 16.4 Å². The number of rotatable bonds is 7. The minimum atomic E-state index is -3.31. The van der Waals surface area contributed by atoms with Crippen molar-refractivity contribution < 1.29 is 18.1 Å². The quantitative estimate of drug-likeness (QED) is 0.412. The van der Waals surface area contributed by atoms with Crippen LogP contribution in [0.5, 0.6) is 0 Å². The molecule has 0 aromatic heterocycles. The van der Waals surface area contributed by atoms with E-state index < -0.39 is 14.9 Å². The minimum Gasteiger partial charge on any atom is -0.383 e. The lowest BCUT2D eigenvalue weighted by molar-refractivity contribution is -0.384. The molecule has 148 valence electrons. The Labute approximate surface area is 162 Å². The second-order valence-electron chi connectivity index (χ2n) is 6.42. The number of non-ortho nitro benzene ring substituents is 1. The first-order valence-electron chi connectivity index (χ1n) is 8.63. The van der Waals surface area contributed by atoms with Gasteiger partial charge in [-0.3, -0.25) is 19.2 Å². The third-order valence-electron chi connectivity index (χ3n) is 4.41. The number of nitrogens with one attached hydrogen (secondary N) is 2. The van der Waals surface area contributed by atoms with Gasteiger partial charge in [-0.25, -0.2) is 8.42 Å². The monoisotopic (exact) mass is 404 g/mol. The molecule has 2 N–H and O–H groups in total. The van der Waals surface area contributed by atoms with Gasteiger partial charge in [0.1, 0.15) is 0 Å². The Balaban J connectivity index is 1.52. The summed E-state index contributed by atoms with van der Waals surface area (Å²) in [7, 11) is -3.31. The Hall–Kier alpha value is -3.14. The number of nitrogens with zero attached hydrogens (tertiary/aromatic N) is 2. The summed E-state index contributed by atoms with van der Waals surface area (Å²) in [5, 5.41) is 16.5. The third-order valence-corrected chi connectivity index (χ3v) is 5.59. The number of nitro benzene ring substituents is 1. The maximum atomic E-state index is 12.3. The van der Waals surface area contributed by atoms with Gasteiger partial charge in [0.05, 0.1) is 16.9 Å². The molecular weight excluding hydrogens is 384 g/mol. The van der Waals surface area contributed by atoms with E-state index in [1.54, 1.807) is 30.3 Å². The number of anilines is 2. The lowest BCUT2D eigenvalue weighted by atomic mass is 10.1. The van der Waals surface area contributed by atoms with Crippen LogP contribution in [0.2, 0.25) is 0 Å². The highest BCUT2D eigenvalue weighted by Gasteiger charge is 2.26. The Morgan fingerprint density at radius 1 is 1.18 bits per heavy atom. The predicted molar refractivity (Wildman–Crippen MR) is 106 cm³/mol. The van der Waals surface area contributed by atoms with Crippen LogP contribution in [0, 0.1) is 10.1 Å². The van der Waals surface area contributed by atoms with Crippen LogP contribution in [0.15, 0.2) is 42.5 Å². The van der Waals surface area contributed by atoms with Gasteiger partial charge in [0.15, 0.2) is 0 Å². The Kier molecular flexibility index (Phi) is 5.50. The highest BCUT2D eigenvalue weighted by atomic mass is 32.2. The first-order chi connectivity index (χ1) is 13.3. The van der Waals surface area contributed by atoms with E-state index in [0.717, 1.165) is 11.3 Å². The average Bonchev–Trinajstić information content (AvgIpc) is 3.09. The standard InChI is InChI=1S/C18H20N4O5S/c1-28(26,27)21-11-8-13-12-14(2-7-17(13)21)18(23)20-10-9-19-15-3-5-16(6-4-15)22(24)25/h2-7,12,19H,8-11H2,1H3,(H,20,23). The van der Waals surface area contributed by atoms with Crippen molar-refractivity contribution in [2.24, 2.45) is 0 Å². The fourth-order valence-electron chi connectivity index (χ4n) is 3.04. The molecule has 1 heterocycles. The van der Waals surface area contributed by atoms with E-state index in [2.05, 4.69) is 10.6 Å². The van der Waals surface area contributed by atoms with Gasteiger partial charge in [-0.1, -0.05) is 0 Å². The molecule has 10 heteroatoms. The van der Waals surface area contributed by atoms with Gasteiger partial charge in [0, 0.05) is 43.0 Å². The van der Waals surface area contributed by atoms with E-state index >= 15 is 0 Å². The molecule has 2 aromatic carbocycles. The fraction of sp³-hybridized carbons (Fsp3) is 0.278. The summed E-state index contributed by atoms with van der Waals surface area (Å²) in [6.07, 6.45) is 1.74. The summed E-state index contributed by atoms with van der Waals surface area (Å²) in [6, 6.07) is 11.0. The normalized spacial score (nSPS) is 13.1. The lowest BCUT2D eigenvalue weighted by Gasteiger charge is -2.16. The summed E-state index contributed by atoms with van der Waals surface area (Å²) >= 11 is 0. The van der Waals surface area contributed by atoms with E-state index in [1.807, 2.05) is 0 Å². The number of hydrogen-bond donors (Lipinski definition) is 2. The van der Waals surface area contributed by atoms with Crippen LogP contribution < -0.4 is 14.9 Å². The van der Waals surface area contributed by atoms with Crippen molar-refractivity contribution in [3.05, 3.63) is 63.7 Å². The van der Waals surface area contributed by atoms with Crippen molar-refractivity contribution in [2.45, 2.75) is 6.42 Å². The van der Waals surface area contributed by atoms with Gasteiger partial charge in [-0.05, 0) is 42.3 Å². The molecule has 1 amide bonds. The van der Waals surface area contributed by atoms with Gasteiger partial charge in [-0.15, -0.1) is 0 Å². The van der Waals surface area contributed by atoms with Gasteiger partial charge in [-0.2, -0.15) is 0 Å². The molecule has 0 fully saturated rings. The second-order valence-corrected chi connectivity index (χ2v) is 8.32. The van der Waals surface area contributed by atoms with Crippen LogP contribution in [0.4, 0.5) is 17.1 Å². The summed E-state index contributed by atoms with van der Waals surface area (Å²) in [5.74, 6) is -0.244. The molecule has 1 aliphatic heterocycles. The predicted octanol–water partition coefficient (Wildman–Crippen LogP) is 1.76. The Morgan fingerprint density at radius 3 is 2.54 bits per heavy atom. The smallest absolute Gasteiger partial charge is 0.269 e. The van der Waals surface area contributed by atoms with Crippen LogP contribution >= 0.6 is 0 Å². The maximum absolute atomic E-state index is 12.3. The topological polar surface area (TPSA) is 122 Å². The largest absolute Gasteiger partial charge is 0.383 e. The zero-order valence-electron chi connectivity index (χ0n) is 15.2. The van der Waals surface area contributed by atoms with Crippen LogP contribution in [-0.4, -0.2) is 45.1 Å². The van der Waals surface area contributed by atoms with Crippen molar-refractivity contribution in [3.8, 4) is 0 Å². The zero-order chi connectivity index (χ0) is 20.3. The van der Waals surface area contributed by atoms with E-state index in [-0.39, 0.29) is 11.6 Å². The van der Waals surface area contributed by atoms with E-state index in [9.17, 15) is 23.3 Å². The Morgan fingerprint density at radius 2 is 1.89 bits per heavy atom. The molecule has 0 bridgehead atoms. The number of nitro groups is 1. The highest BCUT2D eigenvalue weighted by Crippen LogP contribution is 2.30. The Bertz CT molecular complexity index is 1010. The number of carbonyl (C=O) groups is 1. The van der Waals surface area contributed by atoms with Crippen molar-refractivity contribution in [3.63, 3.8) is 0 Å². The van der Waals surface area contributed by atoms with Gasteiger partial charge < -0.3 is 10.6 Å². The number of fused-ring (bicyclic) bond motifs is 1. The molecule has 2 aromatic rings. The summed E-state index contributed by atoms with van der Waals surface area (Å²) in [4.78, 5) is 22.5. The molecular formula is C18H20N4O5S. The number of amides is 1. The lowest BCUT2D eigenvalue weighted by Crippen LogP contribution is -2.29. The number of sulfonamides is 1. The maximum Gasteiger partial charge on any atom is 0.269 e. The molecule has 0 aliphatic carbocycles. The van der Waals surface area contributed by atoms with Crippen molar-refractivity contribution in [2.75, 3.05) is 35.5 Å². The third kappa shape index (κ3) is 4.39. The summed E-state index contributed by atoms with van der Waals surface area (Å²) in [6.45, 7) is 1.21. The molecule has 3 rings (SSSR count). The first-order valence-corrected chi connectivity index (χ1v) is 10.5. The second kappa shape index (κ2) is 7.85. The number of benzene rings is 2. The van der Waals surface area contributed by atoms with Gasteiger partial charge in [0.25, 0.3) is 11.6 Å². The summed E-state index contributed by atoms with van der Waals surface area (Å²) in [5.41, 5.74) is 2.67. The van der Waals surface area contributed by atoms with E-state index in [1.165, 1.54) is 22.7 Å². The van der Waals surface area contributed by atoms with Crippen LogP contribution in [0.3, 0.4) is 0 Å².